The highest BCUT2D eigenvalue weighted by Gasteiger charge is 2.38. The molecule has 2 aliphatic rings. The fourth-order valence-corrected chi connectivity index (χ4v) is 4.13. The zero-order valence-corrected chi connectivity index (χ0v) is 16.8. The zero-order valence-electron chi connectivity index (χ0n) is 16.8. The summed E-state index contributed by atoms with van der Waals surface area (Å²) in [4.78, 5) is 25.0. The molecule has 0 radical (unpaired) electrons. The van der Waals surface area contributed by atoms with Gasteiger partial charge in [0.2, 0.25) is 0 Å². The van der Waals surface area contributed by atoms with Crippen LogP contribution in [0.2, 0.25) is 0 Å². The molecule has 3 rings (SSSR count). The molecule has 29 heavy (non-hydrogen) atoms. The molecule has 5 atom stereocenters. The second kappa shape index (κ2) is 9.11. The maximum atomic E-state index is 12.6. The smallest absolute Gasteiger partial charge is 0.342 e. The standard InChI is InChI=1S/C21H30N2O6/c1-11(2)9-14(23-20(27)19(26)18(25)13-6-4-8-22-13)16-10-12-5-3-7-15(24)17(12)21(28)29-16/h3,5,7,11,13-14,16,18-19,22,24-26H,4,6,8-10H2,1-2H3,(H,23,27)/t13-,14-,16-,18-,19-/m0/s1. The summed E-state index contributed by atoms with van der Waals surface area (Å²) in [6.07, 6.45) is -0.951. The number of hydrogen-bond donors (Lipinski definition) is 5. The Labute approximate surface area is 170 Å². The van der Waals surface area contributed by atoms with Crippen LogP contribution in [0.4, 0.5) is 0 Å². The molecule has 2 heterocycles. The maximum absolute atomic E-state index is 12.6. The lowest BCUT2D eigenvalue weighted by Gasteiger charge is -2.34. The Bertz CT molecular complexity index is 747. The van der Waals surface area contributed by atoms with Gasteiger partial charge < -0.3 is 30.7 Å². The van der Waals surface area contributed by atoms with Crippen molar-refractivity contribution in [1.82, 2.24) is 10.6 Å². The fraction of sp³-hybridized carbons (Fsp3) is 0.619. The molecule has 160 valence electrons. The van der Waals surface area contributed by atoms with Crippen LogP contribution in [0.1, 0.15) is 49.0 Å². The number of phenols is 1. The van der Waals surface area contributed by atoms with E-state index in [0.29, 0.717) is 24.8 Å². The lowest BCUT2D eigenvalue weighted by molar-refractivity contribution is -0.138. The van der Waals surface area contributed by atoms with Crippen LogP contribution in [0.25, 0.3) is 0 Å². The molecule has 0 unspecified atom stereocenters. The number of benzene rings is 1. The van der Waals surface area contributed by atoms with E-state index in [1.807, 2.05) is 13.8 Å². The van der Waals surface area contributed by atoms with E-state index in [1.54, 1.807) is 12.1 Å². The third-order valence-electron chi connectivity index (χ3n) is 5.62. The first-order chi connectivity index (χ1) is 13.8. The molecule has 1 saturated heterocycles. The third kappa shape index (κ3) is 4.88. The van der Waals surface area contributed by atoms with Gasteiger partial charge in [0.1, 0.15) is 23.5 Å². The third-order valence-corrected chi connectivity index (χ3v) is 5.62. The number of phenolic OH excluding ortho intramolecular Hbond substituents is 1. The van der Waals surface area contributed by atoms with Crippen molar-refractivity contribution < 1.29 is 29.6 Å². The highest BCUT2D eigenvalue weighted by Crippen LogP contribution is 2.30. The molecule has 1 aromatic carbocycles. The van der Waals surface area contributed by atoms with Crippen molar-refractivity contribution in [3.05, 3.63) is 29.3 Å². The van der Waals surface area contributed by atoms with Gasteiger partial charge in [-0.15, -0.1) is 0 Å². The number of fused-ring (bicyclic) bond motifs is 1. The van der Waals surface area contributed by atoms with Gasteiger partial charge in [0, 0.05) is 12.5 Å². The SMILES string of the molecule is CC(C)C[C@H](NC(=O)[C@@H](O)[C@@H](O)[C@@H]1CCCN1)[C@@H]1Cc2cccc(O)c2C(=O)O1. The molecule has 5 N–H and O–H groups in total. The van der Waals surface area contributed by atoms with Crippen LogP contribution in [-0.4, -0.2) is 64.1 Å². The predicted molar refractivity (Wildman–Crippen MR) is 105 cm³/mol. The molecule has 1 amide bonds. The van der Waals surface area contributed by atoms with E-state index < -0.39 is 36.2 Å². The summed E-state index contributed by atoms with van der Waals surface area (Å²) < 4.78 is 5.53. The van der Waals surface area contributed by atoms with E-state index in [9.17, 15) is 24.9 Å². The van der Waals surface area contributed by atoms with E-state index in [1.165, 1.54) is 6.07 Å². The van der Waals surface area contributed by atoms with Gasteiger partial charge in [-0.1, -0.05) is 26.0 Å². The van der Waals surface area contributed by atoms with E-state index in [0.717, 1.165) is 13.0 Å². The summed E-state index contributed by atoms with van der Waals surface area (Å²) in [5, 5.41) is 36.4. The fourth-order valence-electron chi connectivity index (χ4n) is 4.13. The van der Waals surface area contributed by atoms with Crippen molar-refractivity contribution in [2.45, 2.75) is 69.9 Å². The van der Waals surface area contributed by atoms with E-state index in [-0.39, 0.29) is 23.3 Å². The highest BCUT2D eigenvalue weighted by atomic mass is 16.5. The number of carbonyl (C=O) groups excluding carboxylic acids is 2. The van der Waals surface area contributed by atoms with Gasteiger partial charge in [0.25, 0.3) is 5.91 Å². The Kier molecular flexibility index (Phi) is 6.77. The van der Waals surface area contributed by atoms with Crippen molar-refractivity contribution in [2.24, 2.45) is 5.92 Å². The molecule has 0 saturated carbocycles. The van der Waals surface area contributed by atoms with Gasteiger partial charge in [0.05, 0.1) is 6.04 Å². The van der Waals surface area contributed by atoms with Crippen LogP contribution in [0.5, 0.6) is 5.75 Å². The molecule has 0 aliphatic carbocycles. The number of aliphatic hydroxyl groups excluding tert-OH is 2. The largest absolute Gasteiger partial charge is 0.507 e. The molecule has 1 aromatic rings. The van der Waals surface area contributed by atoms with Crippen molar-refractivity contribution in [3.63, 3.8) is 0 Å². The second-order valence-corrected chi connectivity index (χ2v) is 8.34. The maximum Gasteiger partial charge on any atom is 0.342 e. The Morgan fingerprint density at radius 1 is 1.34 bits per heavy atom. The van der Waals surface area contributed by atoms with Gasteiger partial charge in [0.15, 0.2) is 6.10 Å². The molecule has 0 spiro atoms. The monoisotopic (exact) mass is 406 g/mol. The van der Waals surface area contributed by atoms with Crippen LogP contribution < -0.4 is 10.6 Å². The Morgan fingerprint density at radius 2 is 2.10 bits per heavy atom. The summed E-state index contributed by atoms with van der Waals surface area (Å²) in [5.74, 6) is -1.25. The number of amides is 1. The number of esters is 1. The first-order valence-electron chi connectivity index (χ1n) is 10.2. The highest BCUT2D eigenvalue weighted by molar-refractivity contribution is 5.95. The van der Waals surface area contributed by atoms with Crippen molar-refractivity contribution >= 4 is 11.9 Å². The van der Waals surface area contributed by atoms with Gasteiger partial charge >= 0.3 is 5.97 Å². The second-order valence-electron chi connectivity index (χ2n) is 8.34. The van der Waals surface area contributed by atoms with E-state index in [2.05, 4.69) is 10.6 Å². The van der Waals surface area contributed by atoms with Crippen LogP contribution in [0, 0.1) is 5.92 Å². The molecule has 2 aliphatic heterocycles. The Hall–Kier alpha value is -2.16. The van der Waals surface area contributed by atoms with E-state index >= 15 is 0 Å². The average Bonchev–Trinajstić information content (AvgIpc) is 3.20. The number of carbonyl (C=O) groups is 2. The molecule has 0 aromatic heterocycles. The number of aromatic hydroxyl groups is 1. The summed E-state index contributed by atoms with van der Waals surface area (Å²) in [7, 11) is 0. The zero-order chi connectivity index (χ0) is 21.1. The van der Waals surface area contributed by atoms with Crippen molar-refractivity contribution in [1.29, 1.82) is 0 Å². The topological polar surface area (TPSA) is 128 Å². The molecule has 1 fully saturated rings. The van der Waals surface area contributed by atoms with Gasteiger partial charge in [-0.25, -0.2) is 4.79 Å². The van der Waals surface area contributed by atoms with Gasteiger partial charge in [-0.3, -0.25) is 4.79 Å². The molecular weight excluding hydrogens is 376 g/mol. The lowest BCUT2D eigenvalue weighted by Crippen LogP contribution is -2.55. The number of rotatable bonds is 7. The normalized spacial score (nSPS) is 24.5. The first-order valence-corrected chi connectivity index (χ1v) is 10.2. The van der Waals surface area contributed by atoms with Crippen LogP contribution >= 0.6 is 0 Å². The minimum absolute atomic E-state index is 0.127. The summed E-state index contributed by atoms with van der Waals surface area (Å²) in [5.41, 5.74) is 0.811. The van der Waals surface area contributed by atoms with Gasteiger partial charge in [-0.05, 0) is 43.4 Å². The molecular formula is C21H30N2O6. The van der Waals surface area contributed by atoms with Crippen molar-refractivity contribution in [2.75, 3.05) is 6.54 Å². The quantitative estimate of drug-likeness (QED) is 0.417. The summed E-state index contributed by atoms with van der Waals surface area (Å²) in [6, 6.07) is 4.00. The van der Waals surface area contributed by atoms with Crippen LogP contribution in [0.3, 0.4) is 0 Å². The van der Waals surface area contributed by atoms with Crippen LogP contribution in [0.15, 0.2) is 18.2 Å². The minimum Gasteiger partial charge on any atom is -0.507 e. The number of hydrogen-bond acceptors (Lipinski definition) is 7. The lowest BCUT2D eigenvalue weighted by atomic mass is 9.90. The van der Waals surface area contributed by atoms with Crippen molar-refractivity contribution in [3.8, 4) is 5.75 Å². The van der Waals surface area contributed by atoms with Crippen LogP contribution in [-0.2, 0) is 16.0 Å². The van der Waals surface area contributed by atoms with E-state index in [4.69, 9.17) is 4.74 Å². The Morgan fingerprint density at radius 3 is 2.76 bits per heavy atom. The molecule has 8 heteroatoms. The molecule has 8 nitrogen and oxygen atoms in total. The first kappa shape index (κ1) is 21.5. The minimum atomic E-state index is -1.57. The summed E-state index contributed by atoms with van der Waals surface area (Å²) in [6.45, 7) is 4.71. The number of aliphatic hydroxyl groups is 2. The Balaban J connectivity index is 1.72. The number of nitrogens with one attached hydrogen (secondary N) is 2. The number of cyclic esters (lactones) is 1. The predicted octanol–water partition coefficient (Wildman–Crippen LogP) is 0.478. The number of ether oxygens (including phenoxy) is 1. The summed E-state index contributed by atoms with van der Waals surface area (Å²) >= 11 is 0. The molecule has 0 bridgehead atoms. The van der Waals surface area contributed by atoms with Gasteiger partial charge in [-0.2, -0.15) is 0 Å². The average molecular weight is 406 g/mol.